The quantitative estimate of drug-likeness (QED) is 0.693. The maximum Gasteiger partial charge on any atom is 0.331 e. The number of rotatable bonds is 4. The van der Waals surface area contributed by atoms with Crippen LogP contribution in [-0.2, 0) is 16.1 Å². The SMILES string of the molecule is O=C1NC(=O)N(Cc2ccco2)C(=O)C1=CC=Cc1ccccc1. The van der Waals surface area contributed by atoms with Crippen molar-refractivity contribution >= 4 is 23.9 Å². The van der Waals surface area contributed by atoms with Crippen molar-refractivity contribution in [1.82, 2.24) is 10.2 Å². The van der Waals surface area contributed by atoms with E-state index in [2.05, 4.69) is 5.32 Å². The zero-order chi connectivity index (χ0) is 16.9. The van der Waals surface area contributed by atoms with Crippen LogP contribution in [0.15, 0.2) is 70.9 Å². The van der Waals surface area contributed by atoms with E-state index in [0.29, 0.717) is 5.76 Å². The molecule has 120 valence electrons. The molecule has 1 fully saturated rings. The van der Waals surface area contributed by atoms with Crippen molar-refractivity contribution in [2.24, 2.45) is 0 Å². The smallest absolute Gasteiger partial charge is 0.331 e. The largest absolute Gasteiger partial charge is 0.467 e. The molecule has 1 saturated heterocycles. The average Bonchev–Trinajstić information content (AvgIpc) is 3.09. The molecule has 0 aliphatic carbocycles. The van der Waals surface area contributed by atoms with Crippen LogP contribution in [0.25, 0.3) is 6.08 Å². The standard InChI is InChI=1S/C18H14N2O4/c21-16-15(10-4-8-13-6-2-1-3-7-13)17(22)20(18(23)19-16)12-14-9-5-11-24-14/h1-11H,12H2,(H,19,21,23). The number of nitrogens with zero attached hydrogens (tertiary/aromatic N) is 1. The van der Waals surface area contributed by atoms with Gasteiger partial charge in [-0.3, -0.25) is 19.8 Å². The summed E-state index contributed by atoms with van der Waals surface area (Å²) in [5, 5.41) is 2.15. The van der Waals surface area contributed by atoms with E-state index in [1.54, 1.807) is 24.3 Å². The van der Waals surface area contributed by atoms with Crippen molar-refractivity contribution in [1.29, 1.82) is 0 Å². The predicted octanol–water partition coefficient (Wildman–Crippen LogP) is 2.50. The van der Waals surface area contributed by atoms with Crippen LogP contribution < -0.4 is 5.32 Å². The van der Waals surface area contributed by atoms with E-state index in [1.165, 1.54) is 12.3 Å². The molecule has 1 aromatic carbocycles. The molecule has 1 aliphatic heterocycles. The Morgan fingerprint density at radius 3 is 2.54 bits per heavy atom. The fraction of sp³-hybridized carbons (Fsp3) is 0.0556. The number of benzene rings is 1. The normalized spacial score (nSPS) is 16.9. The maximum atomic E-state index is 12.4. The van der Waals surface area contributed by atoms with Gasteiger partial charge in [-0.05, 0) is 23.8 Å². The van der Waals surface area contributed by atoms with E-state index in [4.69, 9.17) is 4.42 Å². The summed E-state index contributed by atoms with van der Waals surface area (Å²) in [6, 6.07) is 12.0. The van der Waals surface area contributed by atoms with Gasteiger partial charge in [0.1, 0.15) is 11.3 Å². The number of furan rings is 1. The number of imide groups is 2. The minimum atomic E-state index is -0.759. The molecule has 4 amide bonds. The summed E-state index contributed by atoms with van der Waals surface area (Å²) in [6.45, 7) is -0.0370. The van der Waals surface area contributed by atoms with Gasteiger partial charge in [-0.15, -0.1) is 0 Å². The van der Waals surface area contributed by atoms with Gasteiger partial charge in [0, 0.05) is 0 Å². The monoisotopic (exact) mass is 322 g/mol. The lowest BCUT2D eigenvalue weighted by Crippen LogP contribution is -2.53. The lowest BCUT2D eigenvalue weighted by Gasteiger charge is -2.25. The van der Waals surface area contributed by atoms with Crippen molar-refractivity contribution in [3.8, 4) is 0 Å². The molecule has 6 heteroatoms. The van der Waals surface area contributed by atoms with Gasteiger partial charge in [-0.1, -0.05) is 42.5 Å². The molecule has 3 rings (SSSR count). The van der Waals surface area contributed by atoms with Crippen molar-refractivity contribution in [2.75, 3.05) is 0 Å². The summed E-state index contributed by atoms with van der Waals surface area (Å²) in [5.41, 5.74) is 0.829. The molecule has 1 N–H and O–H groups in total. The van der Waals surface area contributed by atoms with Crippen molar-refractivity contribution in [3.05, 3.63) is 77.8 Å². The first-order valence-electron chi connectivity index (χ1n) is 7.28. The van der Waals surface area contributed by atoms with Gasteiger partial charge < -0.3 is 4.42 Å². The van der Waals surface area contributed by atoms with Gasteiger partial charge in [-0.2, -0.15) is 0 Å². The number of carbonyl (C=O) groups excluding carboxylic acids is 3. The fourth-order valence-corrected chi connectivity index (χ4v) is 2.24. The summed E-state index contributed by atoms with van der Waals surface area (Å²) < 4.78 is 5.14. The summed E-state index contributed by atoms with van der Waals surface area (Å²) in [5.74, 6) is -0.914. The van der Waals surface area contributed by atoms with Gasteiger partial charge in [0.2, 0.25) is 0 Å². The van der Waals surface area contributed by atoms with Crippen molar-refractivity contribution < 1.29 is 18.8 Å². The first kappa shape index (κ1) is 15.5. The Kier molecular flexibility index (Phi) is 4.38. The maximum absolute atomic E-state index is 12.4. The topological polar surface area (TPSA) is 79.6 Å². The molecule has 0 spiro atoms. The van der Waals surface area contributed by atoms with Crippen molar-refractivity contribution in [3.63, 3.8) is 0 Å². The van der Waals surface area contributed by atoms with Crippen LogP contribution in [0.3, 0.4) is 0 Å². The zero-order valence-corrected chi connectivity index (χ0v) is 12.6. The Balaban J connectivity index is 1.80. The highest BCUT2D eigenvalue weighted by molar-refractivity contribution is 6.28. The lowest BCUT2D eigenvalue weighted by molar-refractivity contribution is -0.130. The highest BCUT2D eigenvalue weighted by Crippen LogP contribution is 2.14. The Bertz CT molecular complexity index is 820. The third-order valence-corrected chi connectivity index (χ3v) is 3.43. The Morgan fingerprint density at radius 1 is 1.04 bits per heavy atom. The van der Waals surface area contributed by atoms with E-state index in [-0.39, 0.29) is 12.1 Å². The molecule has 0 saturated carbocycles. The summed E-state index contributed by atoms with van der Waals surface area (Å²) in [7, 11) is 0. The van der Waals surface area contributed by atoms with Crippen molar-refractivity contribution in [2.45, 2.75) is 6.54 Å². The Hall–Kier alpha value is -3.41. The predicted molar refractivity (Wildman–Crippen MR) is 86.4 cm³/mol. The average molecular weight is 322 g/mol. The second kappa shape index (κ2) is 6.78. The molecule has 0 bridgehead atoms. The molecular weight excluding hydrogens is 308 g/mol. The molecule has 0 unspecified atom stereocenters. The zero-order valence-electron chi connectivity index (χ0n) is 12.6. The highest BCUT2D eigenvalue weighted by atomic mass is 16.3. The third-order valence-electron chi connectivity index (χ3n) is 3.43. The second-order valence-electron chi connectivity index (χ2n) is 5.08. The van der Waals surface area contributed by atoms with Crippen LogP contribution >= 0.6 is 0 Å². The van der Waals surface area contributed by atoms with Crippen LogP contribution in [0, 0.1) is 0 Å². The van der Waals surface area contributed by atoms with Gasteiger partial charge in [0.05, 0.1) is 12.8 Å². The number of urea groups is 1. The number of nitrogens with one attached hydrogen (secondary N) is 1. The number of hydrogen-bond acceptors (Lipinski definition) is 4. The summed E-state index contributed by atoms with van der Waals surface area (Å²) in [6.07, 6.45) is 6.21. The van der Waals surface area contributed by atoms with E-state index >= 15 is 0 Å². The summed E-state index contributed by atoms with van der Waals surface area (Å²) in [4.78, 5) is 37.1. The molecular formula is C18H14N2O4. The van der Waals surface area contributed by atoms with E-state index in [1.807, 2.05) is 30.3 Å². The lowest BCUT2D eigenvalue weighted by atomic mass is 10.1. The van der Waals surface area contributed by atoms with Crippen LogP contribution in [-0.4, -0.2) is 22.7 Å². The summed E-state index contributed by atoms with van der Waals surface area (Å²) >= 11 is 0. The van der Waals surface area contributed by atoms with E-state index < -0.39 is 17.8 Å². The number of hydrogen-bond donors (Lipinski definition) is 1. The van der Waals surface area contributed by atoms with Gasteiger partial charge >= 0.3 is 6.03 Å². The molecule has 2 heterocycles. The molecule has 1 aliphatic rings. The molecule has 1 aromatic heterocycles. The van der Waals surface area contributed by atoms with E-state index in [0.717, 1.165) is 10.5 Å². The number of allylic oxidation sites excluding steroid dienone is 2. The van der Waals surface area contributed by atoms with E-state index in [9.17, 15) is 14.4 Å². The number of amides is 4. The Morgan fingerprint density at radius 2 is 1.83 bits per heavy atom. The highest BCUT2D eigenvalue weighted by Gasteiger charge is 2.35. The molecule has 24 heavy (non-hydrogen) atoms. The third kappa shape index (κ3) is 3.33. The minimum Gasteiger partial charge on any atom is -0.467 e. The van der Waals surface area contributed by atoms with Crippen LogP contribution in [0.4, 0.5) is 4.79 Å². The molecule has 2 aromatic rings. The molecule has 6 nitrogen and oxygen atoms in total. The number of barbiturate groups is 1. The van der Waals surface area contributed by atoms with Crippen LogP contribution in [0.2, 0.25) is 0 Å². The minimum absolute atomic E-state index is 0.0370. The fourth-order valence-electron chi connectivity index (χ4n) is 2.24. The first-order valence-corrected chi connectivity index (χ1v) is 7.28. The Labute approximate surface area is 138 Å². The molecule has 0 atom stereocenters. The second-order valence-corrected chi connectivity index (χ2v) is 5.08. The first-order chi connectivity index (χ1) is 11.6. The van der Waals surface area contributed by atoms with Gasteiger partial charge in [-0.25, -0.2) is 4.79 Å². The molecule has 0 radical (unpaired) electrons. The van der Waals surface area contributed by atoms with Gasteiger partial charge in [0.15, 0.2) is 0 Å². The van der Waals surface area contributed by atoms with Gasteiger partial charge in [0.25, 0.3) is 11.8 Å². The van der Waals surface area contributed by atoms with Crippen LogP contribution in [0.1, 0.15) is 11.3 Å². The number of carbonyl (C=O) groups is 3. The van der Waals surface area contributed by atoms with Crippen LogP contribution in [0.5, 0.6) is 0 Å².